The highest BCUT2D eigenvalue weighted by molar-refractivity contribution is 9.10. The summed E-state index contributed by atoms with van der Waals surface area (Å²) in [4.78, 5) is 0. The molecule has 1 heterocycles. The van der Waals surface area contributed by atoms with Gasteiger partial charge in [0.05, 0.1) is 4.47 Å². The lowest BCUT2D eigenvalue weighted by Gasteiger charge is -2.19. The number of halogens is 2. The second kappa shape index (κ2) is 3.14. The van der Waals surface area contributed by atoms with Gasteiger partial charge in [0.15, 0.2) is 0 Å². The Morgan fingerprint density at radius 1 is 1.46 bits per heavy atom. The minimum atomic E-state index is -0.276. The van der Waals surface area contributed by atoms with Crippen molar-refractivity contribution in [2.45, 2.75) is 6.10 Å². The van der Waals surface area contributed by atoms with Gasteiger partial charge in [-0.25, -0.2) is 4.39 Å². The average Bonchev–Trinajstić information content (AvgIpc) is 2.06. The van der Waals surface area contributed by atoms with Gasteiger partial charge in [0.25, 0.3) is 0 Å². The van der Waals surface area contributed by atoms with E-state index in [2.05, 4.69) is 22.9 Å². The zero-order chi connectivity index (χ0) is 9.42. The predicted molar refractivity (Wildman–Crippen MR) is 52.9 cm³/mol. The molecule has 0 aromatic heterocycles. The summed E-state index contributed by atoms with van der Waals surface area (Å²) in [7, 11) is 0. The van der Waals surface area contributed by atoms with E-state index >= 15 is 0 Å². The molecule has 3 heteroatoms. The van der Waals surface area contributed by atoms with Crippen molar-refractivity contribution in [1.29, 1.82) is 0 Å². The average molecular weight is 242 g/mol. The molecule has 0 N–H and O–H groups in total. The van der Waals surface area contributed by atoms with Gasteiger partial charge in [0, 0.05) is 5.56 Å². The van der Waals surface area contributed by atoms with Gasteiger partial charge in [0.1, 0.15) is 17.7 Å². The lowest BCUT2D eigenvalue weighted by atomic mass is 10.1. The molecule has 0 saturated heterocycles. The van der Waals surface area contributed by atoms with Crippen LogP contribution in [-0.4, -0.2) is 6.10 Å². The molecule has 1 radical (unpaired) electrons. The van der Waals surface area contributed by atoms with Crippen molar-refractivity contribution in [2.75, 3.05) is 0 Å². The van der Waals surface area contributed by atoms with Gasteiger partial charge in [-0.3, -0.25) is 0 Å². The van der Waals surface area contributed by atoms with Crippen LogP contribution in [0.25, 0.3) is 6.08 Å². The quantitative estimate of drug-likeness (QED) is 0.678. The Hall–Kier alpha value is -0.830. The summed E-state index contributed by atoms with van der Waals surface area (Å²) in [5.74, 6) is 0.380. The van der Waals surface area contributed by atoms with E-state index in [1.165, 1.54) is 12.1 Å². The van der Waals surface area contributed by atoms with Crippen LogP contribution < -0.4 is 4.74 Å². The van der Waals surface area contributed by atoms with Crippen molar-refractivity contribution in [3.8, 4) is 5.75 Å². The van der Waals surface area contributed by atoms with Crippen LogP contribution in [0.5, 0.6) is 5.75 Å². The zero-order valence-electron chi connectivity index (χ0n) is 6.76. The Morgan fingerprint density at radius 3 is 3.00 bits per heavy atom. The SMILES string of the molecule is [CH2]C1C=Cc2cc(F)cc(Br)c2O1. The maximum absolute atomic E-state index is 12.9. The molecule has 0 fully saturated rings. The van der Waals surface area contributed by atoms with Crippen molar-refractivity contribution in [2.24, 2.45) is 0 Å². The van der Waals surface area contributed by atoms with Crippen molar-refractivity contribution in [3.05, 3.63) is 41.0 Å². The summed E-state index contributed by atoms with van der Waals surface area (Å²) >= 11 is 3.23. The van der Waals surface area contributed by atoms with E-state index in [1.807, 2.05) is 6.08 Å². The molecule has 2 rings (SSSR count). The highest BCUT2D eigenvalue weighted by Gasteiger charge is 2.14. The van der Waals surface area contributed by atoms with Crippen molar-refractivity contribution < 1.29 is 9.13 Å². The maximum Gasteiger partial charge on any atom is 0.141 e. The third-order valence-corrected chi connectivity index (χ3v) is 2.39. The van der Waals surface area contributed by atoms with Crippen LogP contribution in [0.3, 0.4) is 0 Å². The number of fused-ring (bicyclic) bond motifs is 1. The molecule has 1 nitrogen and oxygen atoms in total. The van der Waals surface area contributed by atoms with Crippen LogP contribution in [0.15, 0.2) is 22.7 Å². The fraction of sp³-hybridized carbons (Fsp3) is 0.100. The first kappa shape index (κ1) is 8.75. The molecule has 1 aliphatic rings. The zero-order valence-corrected chi connectivity index (χ0v) is 8.34. The maximum atomic E-state index is 12.9. The first-order chi connectivity index (χ1) is 6.16. The summed E-state index contributed by atoms with van der Waals surface area (Å²) < 4.78 is 18.9. The molecule has 1 aliphatic heterocycles. The number of hydrogen-bond acceptors (Lipinski definition) is 1. The van der Waals surface area contributed by atoms with Crippen LogP contribution in [0, 0.1) is 12.7 Å². The Bertz CT molecular complexity index is 373. The first-order valence-electron chi connectivity index (χ1n) is 3.84. The minimum absolute atomic E-state index is 0.200. The molecule has 13 heavy (non-hydrogen) atoms. The molecule has 0 amide bonds. The highest BCUT2D eigenvalue weighted by Crippen LogP contribution is 2.34. The predicted octanol–water partition coefficient (Wildman–Crippen LogP) is 3.20. The van der Waals surface area contributed by atoms with E-state index < -0.39 is 0 Å². The molecule has 1 aromatic rings. The van der Waals surface area contributed by atoms with Gasteiger partial charge in [-0.15, -0.1) is 0 Å². The normalized spacial score (nSPS) is 19.5. The summed E-state index contributed by atoms with van der Waals surface area (Å²) in [6.07, 6.45) is 3.40. The van der Waals surface area contributed by atoms with E-state index in [0.29, 0.717) is 10.2 Å². The van der Waals surface area contributed by atoms with Crippen molar-refractivity contribution in [3.63, 3.8) is 0 Å². The standard InChI is InChI=1S/C10H7BrFO/c1-6-2-3-7-4-8(12)5-9(11)10(7)13-6/h2-6H,1H2. The van der Waals surface area contributed by atoms with Gasteiger partial charge in [-0.1, -0.05) is 6.08 Å². The number of rotatable bonds is 0. The monoisotopic (exact) mass is 241 g/mol. The highest BCUT2D eigenvalue weighted by atomic mass is 79.9. The Kier molecular flexibility index (Phi) is 2.12. The Labute approximate surface area is 84.3 Å². The van der Waals surface area contributed by atoms with Gasteiger partial charge in [0.2, 0.25) is 0 Å². The molecule has 0 aliphatic carbocycles. The van der Waals surface area contributed by atoms with Gasteiger partial charge in [-0.05, 0) is 41.1 Å². The molecule has 1 unspecified atom stereocenters. The molecule has 0 spiro atoms. The van der Waals surface area contributed by atoms with E-state index in [0.717, 1.165) is 5.56 Å². The van der Waals surface area contributed by atoms with Gasteiger partial charge >= 0.3 is 0 Å². The van der Waals surface area contributed by atoms with Crippen LogP contribution >= 0.6 is 15.9 Å². The second-order valence-electron chi connectivity index (χ2n) is 2.82. The molecule has 0 saturated carbocycles. The molecule has 1 atom stereocenters. The second-order valence-corrected chi connectivity index (χ2v) is 3.68. The summed E-state index contributed by atoms with van der Waals surface area (Å²) in [6.45, 7) is 3.74. The molecule has 0 bridgehead atoms. The fourth-order valence-corrected chi connectivity index (χ4v) is 1.77. The minimum Gasteiger partial charge on any atom is -0.485 e. The Balaban J connectivity index is 2.56. The molecular weight excluding hydrogens is 235 g/mol. The topological polar surface area (TPSA) is 9.23 Å². The van der Waals surface area contributed by atoms with Crippen molar-refractivity contribution >= 4 is 22.0 Å². The third-order valence-electron chi connectivity index (χ3n) is 1.80. The first-order valence-corrected chi connectivity index (χ1v) is 4.63. The number of ether oxygens (including phenoxy) is 1. The number of benzene rings is 1. The Morgan fingerprint density at radius 2 is 2.23 bits per heavy atom. The third kappa shape index (κ3) is 1.61. The summed E-state index contributed by atoms with van der Waals surface area (Å²) in [5, 5.41) is 0. The van der Waals surface area contributed by atoms with Gasteiger partial charge in [-0.2, -0.15) is 0 Å². The smallest absolute Gasteiger partial charge is 0.141 e. The molecule has 67 valence electrons. The van der Waals surface area contributed by atoms with E-state index in [9.17, 15) is 4.39 Å². The van der Waals surface area contributed by atoms with E-state index in [1.54, 1.807) is 6.08 Å². The fourth-order valence-electron chi connectivity index (χ4n) is 1.23. The van der Waals surface area contributed by atoms with E-state index in [-0.39, 0.29) is 11.9 Å². The van der Waals surface area contributed by atoms with Crippen LogP contribution in [0.4, 0.5) is 4.39 Å². The van der Waals surface area contributed by atoms with Crippen LogP contribution in [-0.2, 0) is 0 Å². The lowest BCUT2D eigenvalue weighted by molar-refractivity contribution is 0.287. The van der Waals surface area contributed by atoms with Crippen LogP contribution in [0.1, 0.15) is 5.56 Å². The van der Waals surface area contributed by atoms with Gasteiger partial charge < -0.3 is 4.74 Å². The van der Waals surface area contributed by atoms with E-state index in [4.69, 9.17) is 4.74 Å². The molecule has 1 aromatic carbocycles. The van der Waals surface area contributed by atoms with Crippen LogP contribution in [0.2, 0.25) is 0 Å². The summed E-state index contributed by atoms with van der Waals surface area (Å²) in [6, 6.07) is 2.81. The summed E-state index contributed by atoms with van der Waals surface area (Å²) in [5.41, 5.74) is 0.742. The molecular formula is C10H7BrFO. The number of hydrogen-bond donors (Lipinski definition) is 0. The largest absolute Gasteiger partial charge is 0.485 e. The van der Waals surface area contributed by atoms with Crippen molar-refractivity contribution in [1.82, 2.24) is 0 Å². The lowest BCUT2D eigenvalue weighted by Crippen LogP contribution is -2.13.